The molecule has 1 heterocycles. The summed E-state index contributed by atoms with van der Waals surface area (Å²) in [5.74, 6) is -1.42. The Labute approximate surface area is 106 Å². The smallest absolute Gasteiger partial charge is 0.359 e. The number of carboxylic acids is 1. The Kier molecular flexibility index (Phi) is 4.11. The maximum atomic E-state index is 11.7. The molecule has 0 aliphatic carbocycles. The zero-order chi connectivity index (χ0) is 13.9. The first kappa shape index (κ1) is 14.2. The third-order valence-corrected chi connectivity index (χ3v) is 2.14. The van der Waals surface area contributed by atoms with Gasteiger partial charge in [0.05, 0.1) is 12.5 Å². The lowest BCUT2D eigenvalue weighted by atomic mass is 10.2. The standard InChI is InChI=1S/C12H18N2O4/c1-8(7-10(15)16)14-6-5-9(13-14)11(17)18-12(2,3)4/h5-6,8H,7H2,1-4H3,(H,15,16)/t8-/m1/s1. The molecule has 0 bridgehead atoms. The molecule has 1 rings (SSSR count). The summed E-state index contributed by atoms with van der Waals surface area (Å²) in [5.41, 5.74) is -0.393. The van der Waals surface area contributed by atoms with Gasteiger partial charge in [-0.05, 0) is 33.8 Å². The summed E-state index contributed by atoms with van der Waals surface area (Å²) < 4.78 is 6.62. The van der Waals surface area contributed by atoms with E-state index in [9.17, 15) is 9.59 Å². The summed E-state index contributed by atoms with van der Waals surface area (Å²) in [6.45, 7) is 7.04. The number of aliphatic carboxylic acids is 1. The van der Waals surface area contributed by atoms with Gasteiger partial charge in [0.25, 0.3) is 0 Å². The zero-order valence-corrected chi connectivity index (χ0v) is 11.0. The van der Waals surface area contributed by atoms with Gasteiger partial charge in [0, 0.05) is 6.20 Å². The molecule has 0 saturated carbocycles. The van der Waals surface area contributed by atoms with E-state index < -0.39 is 17.5 Å². The fourth-order valence-corrected chi connectivity index (χ4v) is 1.37. The van der Waals surface area contributed by atoms with Gasteiger partial charge >= 0.3 is 11.9 Å². The highest BCUT2D eigenvalue weighted by Gasteiger charge is 2.20. The summed E-state index contributed by atoms with van der Waals surface area (Å²) in [4.78, 5) is 22.3. The topological polar surface area (TPSA) is 81.4 Å². The highest BCUT2D eigenvalue weighted by atomic mass is 16.6. The molecule has 18 heavy (non-hydrogen) atoms. The van der Waals surface area contributed by atoms with Gasteiger partial charge in [0.15, 0.2) is 5.69 Å². The third-order valence-electron chi connectivity index (χ3n) is 2.14. The minimum atomic E-state index is -0.906. The highest BCUT2D eigenvalue weighted by Crippen LogP contribution is 2.13. The Morgan fingerprint density at radius 2 is 2.11 bits per heavy atom. The summed E-state index contributed by atoms with van der Waals surface area (Å²) >= 11 is 0. The number of carbonyl (C=O) groups is 2. The summed E-state index contributed by atoms with van der Waals surface area (Å²) in [6.07, 6.45) is 1.53. The van der Waals surface area contributed by atoms with Gasteiger partial charge in [-0.25, -0.2) is 4.79 Å². The molecule has 6 heteroatoms. The van der Waals surface area contributed by atoms with Crippen LogP contribution < -0.4 is 0 Å². The maximum Gasteiger partial charge on any atom is 0.359 e. The van der Waals surface area contributed by atoms with Gasteiger partial charge in [0.1, 0.15) is 5.60 Å². The molecule has 0 radical (unpaired) electrons. The third kappa shape index (κ3) is 4.20. The molecule has 0 fully saturated rings. The van der Waals surface area contributed by atoms with Gasteiger partial charge in [-0.1, -0.05) is 0 Å². The highest BCUT2D eigenvalue weighted by molar-refractivity contribution is 5.87. The molecular weight excluding hydrogens is 236 g/mol. The lowest BCUT2D eigenvalue weighted by Crippen LogP contribution is -2.24. The first-order valence-corrected chi connectivity index (χ1v) is 5.69. The van der Waals surface area contributed by atoms with Gasteiger partial charge in [-0.2, -0.15) is 5.10 Å². The fourth-order valence-electron chi connectivity index (χ4n) is 1.37. The molecule has 0 amide bonds. The van der Waals surface area contributed by atoms with Crippen LogP contribution in [-0.4, -0.2) is 32.4 Å². The van der Waals surface area contributed by atoms with Gasteiger partial charge in [-0.3, -0.25) is 9.48 Å². The van der Waals surface area contributed by atoms with E-state index in [1.54, 1.807) is 33.9 Å². The van der Waals surface area contributed by atoms with E-state index in [1.165, 1.54) is 10.7 Å². The zero-order valence-electron chi connectivity index (χ0n) is 11.0. The minimum Gasteiger partial charge on any atom is -0.481 e. The van der Waals surface area contributed by atoms with Crippen LogP contribution in [0.3, 0.4) is 0 Å². The van der Waals surface area contributed by atoms with E-state index >= 15 is 0 Å². The molecule has 100 valence electrons. The van der Waals surface area contributed by atoms with Crippen LogP contribution >= 0.6 is 0 Å². The van der Waals surface area contributed by atoms with Crippen molar-refractivity contribution in [1.29, 1.82) is 0 Å². The first-order chi connectivity index (χ1) is 8.19. The number of aromatic nitrogens is 2. The van der Waals surface area contributed by atoms with Crippen molar-refractivity contribution in [2.75, 3.05) is 0 Å². The van der Waals surface area contributed by atoms with Crippen molar-refractivity contribution in [2.24, 2.45) is 0 Å². The van der Waals surface area contributed by atoms with Crippen LogP contribution in [0.25, 0.3) is 0 Å². The Morgan fingerprint density at radius 3 is 2.61 bits per heavy atom. The lowest BCUT2D eigenvalue weighted by Gasteiger charge is -2.18. The molecule has 0 spiro atoms. The lowest BCUT2D eigenvalue weighted by molar-refractivity contribution is -0.137. The number of ether oxygens (including phenoxy) is 1. The number of hydrogen-bond acceptors (Lipinski definition) is 4. The molecule has 0 aliphatic heterocycles. The van der Waals surface area contributed by atoms with Crippen LogP contribution in [0.2, 0.25) is 0 Å². The van der Waals surface area contributed by atoms with E-state index in [2.05, 4.69) is 5.10 Å². The van der Waals surface area contributed by atoms with Crippen LogP contribution in [0.5, 0.6) is 0 Å². The second-order valence-electron chi connectivity index (χ2n) is 5.13. The summed E-state index contributed by atoms with van der Waals surface area (Å²) in [6, 6.07) is 1.21. The number of esters is 1. The molecule has 0 unspecified atom stereocenters. The Morgan fingerprint density at radius 1 is 1.50 bits per heavy atom. The van der Waals surface area contributed by atoms with Crippen molar-refractivity contribution in [1.82, 2.24) is 9.78 Å². The molecule has 0 aliphatic rings. The van der Waals surface area contributed by atoms with Crippen molar-refractivity contribution in [3.63, 3.8) is 0 Å². The second-order valence-corrected chi connectivity index (χ2v) is 5.13. The first-order valence-electron chi connectivity index (χ1n) is 5.69. The number of carboxylic acid groups (broad SMARTS) is 1. The maximum absolute atomic E-state index is 11.7. The largest absolute Gasteiger partial charge is 0.481 e. The van der Waals surface area contributed by atoms with Crippen molar-refractivity contribution >= 4 is 11.9 Å². The van der Waals surface area contributed by atoms with Gasteiger partial charge in [-0.15, -0.1) is 0 Å². The number of carbonyl (C=O) groups excluding carboxylic acids is 1. The van der Waals surface area contributed by atoms with Crippen LogP contribution in [0, 0.1) is 0 Å². The van der Waals surface area contributed by atoms with E-state index in [1.807, 2.05) is 0 Å². The Bertz CT molecular complexity index is 445. The van der Waals surface area contributed by atoms with Crippen LogP contribution in [0.4, 0.5) is 0 Å². The molecule has 1 aromatic rings. The van der Waals surface area contributed by atoms with Crippen molar-refractivity contribution < 1.29 is 19.4 Å². The summed E-state index contributed by atoms with van der Waals surface area (Å²) in [7, 11) is 0. The van der Waals surface area contributed by atoms with E-state index in [4.69, 9.17) is 9.84 Å². The van der Waals surface area contributed by atoms with Crippen molar-refractivity contribution in [2.45, 2.75) is 45.8 Å². The van der Waals surface area contributed by atoms with Crippen LogP contribution in [-0.2, 0) is 9.53 Å². The van der Waals surface area contributed by atoms with Crippen molar-refractivity contribution in [3.8, 4) is 0 Å². The number of hydrogen-bond donors (Lipinski definition) is 1. The fraction of sp³-hybridized carbons (Fsp3) is 0.583. The quantitative estimate of drug-likeness (QED) is 0.829. The predicted molar refractivity (Wildman–Crippen MR) is 64.4 cm³/mol. The van der Waals surface area contributed by atoms with Crippen LogP contribution in [0.15, 0.2) is 12.3 Å². The molecule has 1 aromatic heterocycles. The number of rotatable bonds is 4. The summed E-state index contributed by atoms with van der Waals surface area (Å²) in [5, 5.41) is 12.7. The minimum absolute atomic E-state index is 0.0462. The normalized spacial score (nSPS) is 13.1. The molecule has 1 N–H and O–H groups in total. The van der Waals surface area contributed by atoms with Crippen molar-refractivity contribution in [3.05, 3.63) is 18.0 Å². The monoisotopic (exact) mass is 254 g/mol. The van der Waals surface area contributed by atoms with E-state index in [0.717, 1.165) is 0 Å². The molecule has 0 aromatic carbocycles. The number of nitrogens with zero attached hydrogens (tertiary/aromatic N) is 2. The SMILES string of the molecule is C[C@H](CC(=O)O)n1ccc(C(=O)OC(C)(C)C)n1. The van der Waals surface area contributed by atoms with Gasteiger partial charge in [0.2, 0.25) is 0 Å². The Hall–Kier alpha value is -1.85. The predicted octanol–water partition coefficient (Wildman–Crippen LogP) is 1.87. The average molecular weight is 254 g/mol. The molecular formula is C12H18N2O4. The van der Waals surface area contributed by atoms with Crippen LogP contribution in [0.1, 0.15) is 50.6 Å². The van der Waals surface area contributed by atoms with Gasteiger partial charge < -0.3 is 9.84 Å². The van der Waals surface area contributed by atoms with E-state index in [-0.39, 0.29) is 18.2 Å². The average Bonchev–Trinajstić information content (AvgIpc) is 2.61. The van der Waals surface area contributed by atoms with E-state index in [0.29, 0.717) is 0 Å². The Balaban J connectivity index is 2.74. The molecule has 1 atom stereocenters. The molecule has 0 saturated heterocycles. The molecule has 6 nitrogen and oxygen atoms in total. The second kappa shape index (κ2) is 5.20.